The van der Waals surface area contributed by atoms with Crippen molar-refractivity contribution in [3.8, 4) is 0 Å². The zero-order chi connectivity index (χ0) is 13.7. The van der Waals surface area contributed by atoms with Crippen molar-refractivity contribution in [3.05, 3.63) is 17.5 Å². The van der Waals surface area contributed by atoms with Crippen molar-refractivity contribution < 1.29 is 0 Å². The van der Waals surface area contributed by atoms with Crippen LogP contribution < -0.4 is 5.73 Å². The highest BCUT2D eigenvalue weighted by Gasteiger charge is 2.15. The van der Waals surface area contributed by atoms with Crippen LogP contribution in [0.3, 0.4) is 0 Å². The van der Waals surface area contributed by atoms with E-state index in [1.54, 1.807) is 0 Å². The van der Waals surface area contributed by atoms with Crippen LogP contribution in [0.5, 0.6) is 0 Å². The summed E-state index contributed by atoms with van der Waals surface area (Å²) in [5, 5.41) is 4.53. The molecule has 1 aromatic heterocycles. The van der Waals surface area contributed by atoms with Gasteiger partial charge in [-0.2, -0.15) is 5.10 Å². The number of hydrogen-bond acceptors (Lipinski definition) is 4. The molecule has 0 saturated carbocycles. The molecule has 5 heteroatoms. The van der Waals surface area contributed by atoms with E-state index in [4.69, 9.17) is 5.73 Å². The first-order chi connectivity index (χ1) is 9.22. The standard InChI is InChI=1S/C14H27N5/c1-3-13-11-14(17(2)16-13)12-19-7-4-6-18(8-5-15)9-10-19/h11H,3-10,12,15H2,1-2H3. The highest BCUT2D eigenvalue weighted by molar-refractivity contribution is 5.10. The van der Waals surface area contributed by atoms with Crippen LogP contribution in [0.25, 0.3) is 0 Å². The summed E-state index contributed by atoms with van der Waals surface area (Å²) in [5.74, 6) is 0. The second-order valence-corrected chi connectivity index (χ2v) is 5.36. The summed E-state index contributed by atoms with van der Waals surface area (Å²) in [6.45, 7) is 9.58. The summed E-state index contributed by atoms with van der Waals surface area (Å²) in [6.07, 6.45) is 2.25. The van der Waals surface area contributed by atoms with Crippen LogP contribution in [0.2, 0.25) is 0 Å². The van der Waals surface area contributed by atoms with Gasteiger partial charge in [-0.1, -0.05) is 6.92 Å². The Balaban J connectivity index is 1.90. The topological polar surface area (TPSA) is 50.3 Å². The van der Waals surface area contributed by atoms with E-state index in [0.717, 1.165) is 39.1 Å². The van der Waals surface area contributed by atoms with Crippen molar-refractivity contribution in [3.63, 3.8) is 0 Å². The first-order valence-corrected chi connectivity index (χ1v) is 7.39. The summed E-state index contributed by atoms with van der Waals surface area (Å²) in [4.78, 5) is 5.01. The molecule has 0 amide bonds. The second-order valence-electron chi connectivity index (χ2n) is 5.36. The zero-order valence-corrected chi connectivity index (χ0v) is 12.3. The molecule has 1 aliphatic heterocycles. The molecule has 19 heavy (non-hydrogen) atoms. The van der Waals surface area contributed by atoms with E-state index in [-0.39, 0.29) is 0 Å². The molecule has 108 valence electrons. The number of rotatable bonds is 5. The van der Waals surface area contributed by atoms with Crippen LogP contribution in [0.15, 0.2) is 6.07 Å². The quantitative estimate of drug-likeness (QED) is 0.840. The number of nitrogens with zero attached hydrogens (tertiary/aromatic N) is 4. The van der Waals surface area contributed by atoms with Gasteiger partial charge in [0, 0.05) is 39.8 Å². The Morgan fingerprint density at radius 3 is 2.63 bits per heavy atom. The Hall–Kier alpha value is -0.910. The van der Waals surface area contributed by atoms with Gasteiger partial charge in [-0.05, 0) is 32.0 Å². The number of hydrogen-bond donors (Lipinski definition) is 1. The molecule has 1 fully saturated rings. The maximum atomic E-state index is 5.64. The van der Waals surface area contributed by atoms with Crippen LogP contribution in [-0.4, -0.2) is 58.8 Å². The Morgan fingerprint density at radius 1 is 1.21 bits per heavy atom. The molecule has 2 N–H and O–H groups in total. The minimum Gasteiger partial charge on any atom is -0.329 e. The van der Waals surface area contributed by atoms with Gasteiger partial charge in [0.1, 0.15) is 0 Å². The summed E-state index contributed by atoms with van der Waals surface area (Å²) < 4.78 is 2.03. The summed E-state index contributed by atoms with van der Waals surface area (Å²) in [5.41, 5.74) is 8.15. The molecule has 0 aromatic carbocycles. The maximum Gasteiger partial charge on any atom is 0.0625 e. The largest absolute Gasteiger partial charge is 0.329 e. The molecule has 0 atom stereocenters. The van der Waals surface area contributed by atoms with E-state index in [9.17, 15) is 0 Å². The minimum atomic E-state index is 0.765. The first-order valence-electron chi connectivity index (χ1n) is 7.39. The van der Waals surface area contributed by atoms with E-state index in [2.05, 4.69) is 27.9 Å². The Kier molecular flexibility index (Phi) is 5.36. The molecule has 0 spiro atoms. The molecule has 0 aliphatic carbocycles. The lowest BCUT2D eigenvalue weighted by Gasteiger charge is -2.21. The van der Waals surface area contributed by atoms with Crippen molar-refractivity contribution in [1.82, 2.24) is 19.6 Å². The lowest BCUT2D eigenvalue weighted by atomic mass is 10.3. The van der Waals surface area contributed by atoms with Crippen molar-refractivity contribution in [2.24, 2.45) is 12.8 Å². The van der Waals surface area contributed by atoms with Gasteiger partial charge in [0.25, 0.3) is 0 Å². The molecule has 5 nitrogen and oxygen atoms in total. The van der Waals surface area contributed by atoms with Gasteiger partial charge in [-0.15, -0.1) is 0 Å². The van der Waals surface area contributed by atoms with E-state index < -0.39 is 0 Å². The van der Waals surface area contributed by atoms with Crippen molar-refractivity contribution in [2.75, 3.05) is 39.3 Å². The Morgan fingerprint density at radius 2 is 1.95 bits per heavy atom. The third kappa shape index (κ3) is 4.03. The fourth-order valence-corrected chi connectivity index (χ4v) is 2.71. The summed E-state index contributed by atoms with van der Waals surface area (Å²) in [7, 11) is 2.05. The van der Waals surface area contributed by atoms with Crippen LogP contribution >= 0.6 is 0 Å². The molecule has 1 saturated heterocycles. The van der Waals surface area contributed by atoms with Gasteiger partial charge in [-0.3, -0.25) is 9.58 Å². The number of nitrogens with two attached hydrogens (primary N) is 1. The first kappa shape index (κ1) is 14.5. The number of aromatic nitrogens is 2. The average molecular weight is 265 g/mol. The predicted molar refractivity (Wildman–Crippen MR) is 78.0 cm³/mol. The van der Waals surface area contributed by atoms with Crippen LogP contribution in [-0.2, 0) is 20.0 Å². The fourth-order valence-electron chi connectivity index (χ4n) is 2.71. The van der Waals surface area contributed by atoms with E-state index in [0.29, 0.717) is 0 Å². The van der Waals surface area contributed by atoms with Gasteiger partial charge in [-0.25, -0.2) is 0 Å². The summed E-state index contributed by atoms with van der Waals surface area (Å²) >= 11 is 0. The fraction of sp³-hybridized carbons (Fsp3) is 0.786. The van der Waals surface area contributed by atoms with Gasteiger partial charge < -0.3 is 10.6 Å². The van der Waals surface area contributed by atoms with Crippen LogP contribution in [0.4, 0.5) is 0 Å². The third-order valence-corrected chi connectivity index (χ3v) is 3.90. The highest BCUT2D eigenvalue weighted by Crippen LogP contribution is 2.10. The Bertz CT molecular complexity index is 387. The van der Waals surface area contributed by atoms with Crippen molar-refractivity contribution >= 4 is 0 Å². The number of aryl methyl sites for hydroxylation is 2. The maximum absolute atomic E-state index is 5.64. The molecule has 1 aromatic rings. The molecule has 0 bridgehead atoms. The molecular formula is C14H27N5. The lowest BCUT2D eigenvalue weighted by molar-refractivity contribution is 0.250. The Labute approximate surface area is 116 Å². The van der Waals surface area contributed by atoms with Gasteiger partial charge in [0.15, 0.2) is 0 Å². The highest BCUT2D eigenvalue weighted by atomic mass is 15.3. The van der Waals surface area contributed by atoms with E-state index in [1.165, 1.54) is 30.9 Å². The molecule has 2 heterocycles. The van der Waals surface area contributed by atoms with Gasteiger partial charge >= 0.3 is 0 Å². The van der Waals surface area contributed by atoms with Crippen molar-refractivity contribution in [1.29, 1.82) is 0 Å². The lowest BCUT2D eigenvalue weighted by Crippen LogP contribution is -2.33. The SMILES string of the molecule is CCc1cc(CN2CCCN(CCN)CC2)n(C)n1. The van der Waals surface area contributed by atoms with Gasteiger partial charge in [0.05, 0.1) is 11.4 Å². The molecular weight excluding hydrogens is 238 g/mol. The predicted octanol–water partition coefficient (Wildman–Crippen LogP) is 0.449. The second kappa shape index (κ2) is 7.03. The van der Waals surface area contributed by atoms with Gasteiger partial charge in [0.2, 0.25) is 0 Å². The van der Waals surface area contributed by atoms with E-state index in [1.807, 2.05) is 11.7 Å². The van der Waals surface area contributed by atoms with Crippen LogP contribution in [0, 0.1) is 0 Å². The molecule has 0 unspecified atom stereocenters. The molecule has 0 radical (unpaired) electrons. The molecule has 2 rings (SSSR count). The minimum absolute atomic E-state index is 0.765. The zero-order valence-electron chi connectivity index (χ0n) is 12.3. The van der Waals surface area contributed by atoms with Crippen molar-refractivity contribution in [2.45, 2.75) is 26.3 Å². The molecule has 1 aliphatic rings. The third-order valence-electron chi connectivity index (χ3n) is 3.90. The summed E-state index contributed by atoms with van der Waals surface area (Å²) in [6, 6.07) is 2.24. The van der Waals surface area contributed by atoms with E-state index >= 15 is 0 Å². The smallest absolute Gasteiger partial charge is 0.0625 e. The normalized spacial score (nSPS) is 18.7. The monoisotopic (exact) mass is 265 g/mol. The average Bonchev–Trinajstić information content (AvgIpc) is 2.60. The van der Waals surface area contributed by atoms with Crippen LogP contribution in [0.1, 0.15) is 24.7 Å².